The van der Waals surface area contributed by atoms with E-state index in [-0.39, 0.29) is 17.5 Å². The second kappa shape index (κ2) is 5.94. The molecule has 1 rings (SSSR count). The van der Waals surface area contributed by atoms with Crippen LogP contribution in [0.1, 0.15) is 20.3 Å². The number of ether oxygens (including phenoxy) is 1. The third-order valence-corrected chi connectivity index (χ3v) is 2.00. The molecule has 0 amide bonds. The van der Waals surface area contributed by atoms with E-state index in [4.69, 9.17) is 10.6 Å². The molecule has 0 aliphatic carbocycles. The molecular formula is C9H15N5O3. The molecule has 1 aromatic rings. The van der Waals surface area contributed by atoms with Gasteiger partial charge in [0.15, 0.2) is 0 Å². The van der Waals surface area contributed by atoms with Crippen LogP contribution in [-0.2, 0) is 0 Å². The number of nitrogens with zero attached hydrogens (tertiary/aromatic N) is 3. The number of hydrogen-bond donors (Lipinski definition) is 2. The highest BCUT2D eigenvalue weighted by molar-refractivity contribution is 5.42. The zero-order valence-electron chi connectivity index (χ0n) is 9.71. The predicted molar refractivity (Wildman–Crippen MR) is 61.4 cm³/mol. The van der Waals surface area contributed by atoms with Gasteiger partial charge in [-0.15, -0.1) is 0 Å². The fourth-order valence-corrected chi connectivity index (χ4v) is 1.05. The molecule has 0 radical (unpaired) electrons. The maximum Gasteiger partial charge on any atom is 0.349 e. The first-order valence-electron chi connectivity index (χ1n) is 5.15. The number of aromatic nitrogens is 2. The van der Waals surface area contributed by atoms with Crippen molar-refractivity contribution in [3.63, 3.8) is 0 Å². The van der Waals surface area contributed by atoms with E-state index in [0.717, 1.165) is 12.6 Å². The summed E-state index contributed by atoms with van der Waals surface area (Å²) in [5.74, 6) is 5.58. The van der Waals surface area contributed by atoms with Crippen LogP contribution in [0.4, 0.5) is 11.6 Å². The van der Waals surface area contributed by atoms with Gasteiger partial charge in [0.1, 0.15) is 6.20 Å². The van der Waals surface area contributed by atoms with E-state index in [2.05, 4.69) is 15.4 Å². The highest BCUT2D eigenvalue weighted by atomic mass is 16.6. The molecule has 0 atom stereocenters. The monoisotopic (exact) mass is 241 g/mol. The summed E-state index contributed by atoms with van der Waals surface area (Å²) in [4.78, 5) is 17.6. The van der Waals surface area contributed by atoms with E-state index in [1.54, 1.807) is 0 Å². The van der Waals surface area contributed by atoms with Gasteiger partial charge in [0.25, 0.3) is 5.88 Å². The van der Waals surface area contributed by atoms with Gasteiger partial charge in [-0.05, 0) is 12.3 Å². The number of nitrogens with two attached hydrogens (primary N) is 1. The van der Waals surface area contributed by atoms with Crippen LogP contribution >= 0.6 is 0 Å². The van der Waals surface area contributed by atoms with Crippen molar-refractivity contribution < 1.29 is 9.66 Å². The molecule has 0 aliphatic heterocycles. The molecule has 8 heteroatoms. The lowest BCUT2D eigenvalue weighted by Gasteiger charge is -2.08. The summed E-state index contributed by atoms with van der Waals surface area (Å²) in [6.07, 6.45) is 1.85. The number of nitro groups is 1. The molecule has 0 saturated heterocycles. The van der Waals surface area contributed by atoms with Crippen molar-refractivity contribution in [1.29, 1.82) is 0 Å². The molecule has 0 bridgehead atoms. The minimum Gasteiger partial charge on any atom is -0.473 e. The Hall–Kier alpha value is -1.96. The third-order valence-electron chi connectivity index (χ3n) is 2.00. The molecule has 0 aliphatic rings. The van der Waals surface area contributed by atoms with Crippen LogP contribution in [0.25, 0.3) is 0 Å². The number of hydrogen-bond acceptors (Lipinski definition) is 7. The topological polar surface area (TPSA) is 116 Å². The van der Waals surface area contributed by atoms with Gasteiger partial charge in [-0.25, -0.2) is 10.8 Å². The van der Waals surface area contributed by atoms with E-state index < -0.39 is 4.92 Å². The highest BCUT2D eigenvalue weighted by Gasteiger charge is 2.18. The Labute approximate surface area is 98.3 Å². The van der Waals surface area contributed by atoms with Crippen molar-refractivity contribution in [3.05, 3.63) is 16.3 Å². The van der Waals surface area contributed by atoms with Gasteiger partial charge in [-0.3, -0.25) is 15.5 Å². The maximum atomic E-state index is 10.7. The molecule has 1 aromatic heterocycles. The van der Waals surface area contributed by atoms with Crippen LogP contribution in [0.3, 0.4) is 0 Å². The summed E-state index contributed by atoms with van der Waals surface area (Å²) >= 11 is 0. The standard InChI is InChI=1S/C9H15N5O3/c1-6(2)3-4-17-8-7(14(15)16)5-11-9(12-8)13-10/h5-6H,3-4,10H2,1-2H3,(H,11,12,13). The molecule has 0 spiro atoms. The Balaban J connectivity index is 2.82. The summed E-state index contributed by atoms with van der Waals surface area (Å²) in [7, 11) is 0. The number of hydrazine groups is 1. The molecule has 0 fully saturated rings. The first kappa shape index (κ1) is 13.1. The van der Waals surface area contributed by atoms with Crippen molar-refractivity contribution in [2.75, 3.05) is 12.0 Å². The van der Waals surface area contributed by atoms with Gasteiger partial charge in [-0.2, -0.15) is 4.98 Å². The SMILES string of the molecule is CC(C)CCOc1nc(NN)ncc1[N+](=O)[O-]. The lowest BCUT2D eigenvalue weighted by Crippen LogP contribution is -2.12. The van der Waals surface area contributed by atoms with Crippen LogP contribution in [0.2, 0.25) is 0 Å². The molecule has 3 N–H and O–H groups in total. The van der Waals surface area contributed by atoms with Gasteiger partial charge in [-0.1, -0.05) is 13.8 Å². The minimum absolute atomic E-state index is 0.0707. The number of anilines is 1. The van der Waals surface area contributed by atoms with Crippen molar-refractivity contribution in [1.82, 2.24) is 9.97 Å². The Morgan fingerprint density at radius 1 is 1.65 bits per heavy atom. The molecular weight excluding hydrogens is 226 g/mol. The van der Waals surface area contributed by atoms with Crippen molar-refractivity contribution >= 4 is 11.6 Å². The van der Waals surface area contributed by atoms with Gasteiger partial charge in [0, 0.05) is 0 Å². The number of nitrogen functional groups attached to an aromatic ring is 1. The normalized spacial score (nSPS) is 10.4. The van der Waals surface area contributed by atoms with Crippen LogP contribution in [0.5, 0.6) is 5.88 Å². The fourth-order valence-electron chi connectivity index (χ4n) is 1.05. The first-order valence-corrected chi connectivity index (χ1v) is 5.15. The van der Waals surface area contributed by atoms with Crippen molar-refractivity contribution in [2.24, 2.45) is 11.8 Å². The lowest BCUT2D eigenvalue weighted by molar-refractivity contribution is -0.386. The molecule has 17 heavy (non-hydrogen) atoms. The molecule has 8 nitrogen and oxygen atoms in total. The average molecular weight is 241 g/mol. The third kappa shape index (κ3) is 3.83. The average Bonchev–Trinajstić information content (AvgIpc) is 2.28. The van der Waals surface area contributed by atoms with Crippen LogP contribution in [-0.4, -0.2) is 21.5 Å². The van der Waals surface area contributed by atoms with E-state index >= 15 is 0 Å². The Kier molecular flexibility index (Phi) is 4.58. The van der Waals surface area contributed by atoms with E-state index in [1.807, 2.05) is 13.8 Å². The summed E-state index contributed by atoms with van der Waals surface area (Å²) < 4.78 is 5.26. The lowest BCUT2D eigenvalue weighted by atomic mass is 10.1. The number of rotatable bonds is 6. The van der Waals surface area contributed by atoms with E-state index in [0.29, 0.717) is 12.5 Å². The molecule has 0 aromatic carbocycles. The first-order chi connectivity index (χ1) is 8.04. The number of nitrogens with one attached hydrogen (secondary N) is 1. The Bertz CT molecular complexity index is 396. The van der Waals surface area contributed by atoms with Crippen molar-refractivity contribution in [3.8, 4) is 5.88 Å². The molecule has 0 saturated carbocycles. The summed E-state index contributed by atoms with van der Waals surface area (Å²) in [5.41, 5.74) is 1.94. The second-order valence-electron chi connectivity index (χ2n) is 3.82. The van der Waals surface area contributed by atoms with Crippen LogP contribution < -0.4 is 16.0 Å². The summed E-state index contributed by atoms with van der Waals surface area (Å²) in [6.45, 7) is 4.43. The summed E-state index contributed by atoms with van der Waals surface area (Å²) in [5, 5.41) is 10.7. The van der Waals surface area contributed by atoms with Crippen molar-refractivity contribution in [2.45, 2.75) is 20.3 Å². The Morgan fingerprint density at radius 3 is 2.88 bits per heavy atom. The molecule has 94 valence electrons. The zero-order valence-corrected chi connectivity index (χ0v) is 9.71. The van der Waals surface area contributed by atoms with Crippen LogP contribution in [0.15, 0.2) is 6.20 Å². The largest absolute Gasteiger partial charge is 0.473 e. The minimum atomic E-state index is -0.592. The van der Waals surface area contributed by atoms with E-state index in [9.17, 15) is 10.1 Å². The van der Waals surface area contributed by atoms with Gasteiger partial charge in [0.05, 0.1) is 11.5 Å². The van der Waals surface area contributed by atoms with E-state index in [1.165, 1.54) is 0 Å². The van der Waals surface area contributed by atoms with Crippen LogP contribution in [0, 0.1) is 16.0 Å². The summed E-state index contributed by atoms with van der Waals surface area (Å²) in [6, 6.07) is 0. The quantitative estimate of drug-likeness (QED) is 0.435. The Morgan fingerprint density at radius 2 is 2.35 bits per heavy atom. The fraction of sp³-hybridized carbons (Fsp3) is 0.556. The second-order valence-corrected chi connectivity index (χ2v) is 3.82. The zero-order chi connectivity index (χ0) is 12.8. The van der Waals surface area contributed by atoms with Gasteiger partial charge >= 0.3 is 5.69 Å². The van der Waals surface area contributed by atoms with Gasteiger partial charge in [0.2, 0.25) is 5.95 Å². The molecule has 1 heterocycles. The predicted octanol–water partition coefficient (Wildman–Crippen LogP) is 1.10. The maximum absolute atomic E-state index is 10.7. The smallest absolute Gasteiger partial charge is 0.349 e. The van der Waals surface area contributed by atoms with Gasteiger partial charge < -0.3 is 4.74 Å². The highest BCUT2D eigenvalue weighted by Crippen LogP contribution is 2.24. The molecule has 0 unspecified atom stereocenters.